The molecule has 0 saturated heterocycles. The van der Waals surface area contributed by atoms with Crippen molar-refractivity contribution in [1.29, 1.82) is 0 Å². The lowest BCUT2D eigenvalue weighted by atomic mass is 10.1. The fourth-order valence-corrected chi connectivity index (χ4v) is 2.86. The summed E-state index contributed by atoms with van der Waals surface area (Å²) >= 11 is 3.40. The lowest BCUT2D eigenvalue weighted by molar-refractivity contribution is -0.138. The number of carbonyl (C=O) groups is 2. The number of carboxylic acids is 1. The molecule has 1 aromatic carbocycles. The molecule has 1 aliphatic heterocycles. The number of hydrogen-bond acceptors (Lipinski definition) is 4. The number of ether oxygens (including phenoxy) is 2. The molecular weight excluding hydrogens is 354 g/mol. The van der Waals surface area contributed by atoms with E-state index in [-0.39, 0.29) is 6.42 Å². The molecule has 0 bridgehead atoms. The lowest BCUT2D eigenvalue weighted by Gasteiger charge is -2.28. The number of benzene rings is 1. The van der Waals surface area contributed by atoms with Gasteiger partial charge in [0, 0.05) is 10.9 Å². The van der Waals surface area contributed by atoms with Crippen LogP contribution in [0.3, 0.4) is 0 Å². The molecule has 0 aliphatic carbocycles. The van der Waals surface area contributed by atoms with Gasteiger partial charge in [-0.25, -0.2) is 9.59 Å². The fraction of sp³-hybridized carbons (Fsp3) is 0.467. The maximum Gasteiger partial charge on any atom is 0.415 e. The van der Waals surface area contributed by atoms with Gasteiger partial charge in [-0.3, -0.25) is 4.90 Å². The van der Waals surface area contributed by atoms with E-state index in [1.165, 1.54) is 7.11 Å². The zero-order valence-corrected chi connectivity index (χ0v) is 14.4. The Hall–Kier alpha value is -1.76. The summed E-state index contributed by atoms with van der Waals surface area (Å²) in [7, 11) is 1.48. The SMILES string of the molecule is COc1ccc(Br)c2c1N(C(=O)OC(C)(C)C)[C@H](C(=O)O)C2. The molecule has 7 heteroatoms. The van der Waals surface area contributed by atoms with E-state index >= 15 is 0 Å². The van der Waals surface area contributed by atoms with E-state index < -0.39 is 23.7 Å². The van der Waals surface area contributed by atoms with Crippen LogP contribution in [0.4, 0.5) is 10.5 Å². The van der Waals surface area contributed by atoms with Crippen molar-refractivity contribution in [2.45, 2.75) is 38.8 Å². The van der Waals surface area contributed by atoms with Crippen molar-refractivity contribution in [2.24, 2.45) is 0 Å². The van der Waals surface area contributed by atoms with E-state index in [1.807, 2.05) is 0 Å². The van der Waals surface area contributed by atoms with Gasteiger partial charge in [0.05, 0.1) is 12.8 Å². The van der Waals surface area contributed by atoms with E-state index in [1.54, 1.807) is 32.9 Å². The fourth-order valence-electron chi connectivity index (χ4n) is 2.38. The van der Waals surface area contributed by atoms with Crippen LogP contribution in [-0.2, 0) is 16.0 Å². The van der Waals surface area contributed by atoms with Crippen molar-refractivity contribution in [1.82, 2.24) is 0 Å². The number of carbonyl (C=O) groups excluding carboxylic acids is 1. The molecule has 1 N–H and O–H groups in total. The summed E-state index contributed by atoms with van der Waals surface area (Å²) < 4.78 is 11.4. The highest BCUT2D eigenvalue weighted by molar-refractivity contribution is 9.10. The summed E-state index contributed by atoms with van der Waals surface area (Å²) in [5, 5.41) is 9.45. The van der Waals surface area contributed by atoms with Crippen LogP contribution in [0.25, 0.3) is 0 Å². The molecule has 0 spiro atoms. The Bertz CT molecular complexity index is 623. The molecule has 1 amide bonds. The first-order valence-electron chi connectivity index (χ1n) is 6.76. The number of amides is 1. The quantitative estimate of drug-likeness (QED) is 0.863. The summed E-state index contributed by atoms with van der Waals surface area (Å²) in [6, 6.07) is 2.44. The van der Waals surface area contributed by atoms with Crippen LogP contribution in [0.1, 0.15) is 26.3 Å². The summed E-state index contributed by atoms with van der Waals surface area (Å²) in [6.45, 7) is 5.20. The Balaban J connectivity index is 2.53. The van der Waals surface area contributed by atoms with Crippen molar-refractivity contribution in [3.63, 3.8) is 0 Å². The largest absolute Gasteiger partial charge is 0.495 e. The minimum Gasteiger partial charge on any atom is -0.495 e. The highest BCUT2D eigenvalue weighted by Crippen LogP contribution is 2.44. The van der Waals surface area contributed by atoms with Gasteiger partial charge in [0.15, 0.2) is 0 Å². The Morgan fingerprint density at radius 3 is 2.50 bits per heavy atom. The Kier molecular flexibility index (Phi) is 4.37. The zero-order valence-electron chi connectivity index (χ0n) is 12.8. The summed E-state index contributed by atoms with van der Waals surface area (Å²) in [5.74, 6) is -0.649. The van der Waals surface area contributed by atoms with Crippen LogP contribution < -0.4 is 9.64 Å². The van der Waals surface area contributed by atoms with Crippen LogP contribution in [-0.4, -0.2) is 35.9 Å². The number of anilines is 1. The van der Waals surface area contributed by atoms with E-state index in [0.29, 0.717) is 11.4 Å². The van der Waals surface area contributed by atoms with Crippen molar-refractivity contribution in [2.75, 3.05) is 12.0 Å². The van der Waals surface area contributed by atoms with Gasteiger partial charge in [-0.05, 0) is 38.5 Å². The molecule has 0 saturated carbocycles. The maximum atomic E-state index is 12.5. The second-order valence-corrected chi connectivity index (χ2v) is 6.84. The van der Waals surface area contributed by atoms with Gasteiger partial charge >= 0.3 is 12.1 Å². The molecule has 1 heterocycles. The highest BCUT2D eigenvalue weighted by atomic mass is 79.9. The molecule has 2 rings (SSSR count). The molecule has 120 valence electrons. The standard InChI is InChI=1S/C15H18BrNO5/c1-15(2,3)22-14(20)17-10(13(18)19)7-8-9(16)5-6-11(21-4)12(8)17/h5-6,10H,7H2,1-4H3,(H,18,19)/t10-/m0/s1. The molecule has 1 aliphatic rings. The average Bonchev–Trinajstić information content (AvgIpc) is 2.78. The predicted molar refractivity (Wildman–Crippen MR) is 84.5 cm³/mol. The summed E-state index contributed by atoms with van der Waals surface area (Å²) in [6.07, 6.45) is -0.503. The molecular formula is C15H18BrNO5. The molecule has 0 aromatic heterocycles. The van der Waals surface area contributed by atoms with Crippen LogP contribution in [0.2, 0.25) is 0 Å². The van der Waals surface area contributed by atoms with Gasteiger partial charge in [0.25, 0.3) is 0 Å². The second-order valence-electron chi connectivity index (χ2n) is 5.99. The van der Waals surface area contributed by atoms with E-state index in [2.05, 4.69) is 15.9 Å². The Morgan fingerprint density at radius 2 is 2.00 bits per heavy atom. The minimum absolute atomic E-state index is 0.196. The van der Waals surface area contributed by atoms with Crippen LogP contribution in [0.15, 0.2) is 16.6 Å². The molecule has 0 radical (unpaired) electrons. The number of rotatable bonds is 2. The second kappa shape index (κ2) is 5.79. The van der Waals surface area contributed by atoms with E-state index in [4.69, 9.17) is 9.47 Å². The molecule has 22 heavy (non-hydrogen) atoms. The molecule has 0 unspecified atom stereocenters. The maximum absolute atomic E-state index is 12.5. The Labute approximate surface area is 137 Å². The topological polar surface area (TPSA) is 76.1 Å². The zero-order chi connectivity index (χ0) is 16.7. The average molecular weight is 372 g/mol. The predicted octanol–water partition coefficient (Wildman–Crippen LogP) is 3.21. The molecule has 1 aromatic rings. The number of methoxy groups -OCH3 is 1. The van der Waals surface area contributed by atoms with Gasteiger partial charge in [0.2, 0.25) is 0 Å². The van der Waals surface area contributed by atoms with Gasteiger partial charge in [-0.15, -0.1) is 0 Å². The first-order chi connectivity index (χ1) is 10.2. The van der Waals surface area contributed by atoms with E-state index in [9.17, 15) is 14.7 Å². The van der Waals surface area contributed by atoms with Crippen molar-refractivity contribution in [3.8, 4) is 5.75 Å². The Morgan fingerprint density at radius 1 is 1.36 bits per heavy atom. The van der Waals surface area contributed by atoms with Gasteiger partial charge < -0.3 is 14.6 Å². The lowest BCUT2D eigenvalue weighted by Crippen LogP contribution is -2.45. The summed E-state index contributed by atoms with van der Waals surface area (Å²) in [4.78, 5) is 25.2. The third-order valence-corrected chi connectivity index (χ3v) is 3.98. The third-order valence-electron chi connectivity index (χ3n) is 3.23. The number of carboxylic acid groups (broad SMARTS) is 1. The van der Waals surface area contributed by atoms with Gasteiger partial charge in [-0.2, -0.15) is 0 Å². The third kappa shape index (κ3) is 3.04. The molecule has 6 nitrogen and oxygen atoms in total. The smallest absolute Gasteiger partial charge is 0.415 e. The molecule has 1 atom stereocenters. The van der Waals surface area contributed by atoms with Crippen molar-refractivity contribution < 1.29 is 24.2 Å². The first-order valence-corrected chi connectivity index (χ1v) is 7.55. The number of fused-ring (bicyclic) bond motifs is 1. The number of halogens is 1. The van der Waals surface area contributed by atoms with Crippen molar-refractivity contribution in [3.05, 3.63) is 22.2 Å². The van der Waals surface area contributed by atoms with Gasteiger partial charge in [0.1, 0.15) is 17.4 Å². The highest BCUT2D eigenvalue weighted by Gasteiger charge is 2.43. The number of aliphatic carboxylic acids is 1. The van der Waals surface area contributed by atoms with Crippen LogP contribution in [0.5, 0.6) is 5.75 Å². The van der Waals surface area contributed by atoms with Crippen molar-refractivity contribution >= 4 is 33.7 Å². The van der Waals surface area contributed by atoms with Crippen LogP contribution >= 0.6 is 15.9 Å². The van der Waals surface area contributed by atoms with E-state index in [0.717, 1.165) is 14.9 Å². The monoisotopic (exact) mass is 371 g/mol. The number of hydrogen-bond donors (Lipinski definition) is 1. The number of nitrogens with zero attached hydrogens (tertiary/aromatic N) is 1. The first kappa shape index (κ1) is 16.6. The minimum atomic E-state index is -1.09. The van der Waals surface area contributed by atoms with Gasteiger partial charge in [-0.1, -0.05) is 15.9 Å². The molecule has 0 fully saturated rings. The summed E-state index contributed by atoms with van der Waals surface area (Å²) in [5.41, 5.74) is 0.443. The van der Waals surface area contributed by atoms with Crippen LogP contribution in [0, 0.1) is 0 Å². The normalized spacial score (nSPS) is 17.1.